The summed E-state index contributed by atoms with van der Waals surface area (Å²) in [4.78, 5) is 39.2. The van der Waals surface area contributed by atoms with Crippen LogP contribution in [0.15, 0.2) is 58.2 Å². The average Bonchev–Trinajstić information content (AvgIpc) is 2.77. The third-order valence-corrected chi connectivity index (χ3v) is 4.93. The van der Waals surface area contributed by atoms with Crippen molar-refractivity contribution in [3.05, 3.63) is 75.2 Å². The summed E-state index contributed by atoms with van der Waals surface area (Å²) in [5, 5.41) is 0. The standard InChI is InChI=1S/C21H17BrFNO6/c1-28-20(26)16-10-30-11-24(18(16)21(27)29-2)17-8-5-13(22)9-15(17)19(25)12-3-6-14(23)7-4-12/h3-9H,10-11H2,1-2H3. The van der Waals surface area contributed by atoms with Gasteiger partial charge in [0.1, 0.15) is 18.2 Å². The fourth-order valence-corrected chi connectivity index (χ4v) is 3.38. The average molecular weight is 478 g/mol. The van der Waals surface area contributed by atoms with Crippen LogP contribution in [0.2, 0.25) is 0 Å². The Kier molecular flexibility index (Phi) is 6.63. The molecule has 0 aromatic heterocycles. The number of hydrogen-bond donors (Lipinski definition) is 0. The number of ether oxygens (including phenoxy) is 3. The predicted molar refractivity (Wildman–Crippen MR) is 108 cm³/mol. The van der Waals surface area contributed by atoms with E-state index in [0.717, 1.165) is 0 Å². The van der Waals surface area contributed by atoms with Gasteiger partial charge in [-0.2, -0.15) is 0 Å². The molecule has 156 valence electrons. The Morgan fingerprint density at radius 3 is 2.33 bits per heavy atom. The van der Waals surface area contributed by atoms with E-state index in [1.807, 2.05) is 0 Å². The van der Waals surface area contributed by atoms with Gasteiger partial charge in [0.25, 0.3) is 0 Å². The number of carbonyl (C=O) groups excluding carboxylic acids is 3. The van der Waals surface area contributed by atoms with Crippen molar-refractivity contribution in [2.45, 2.75) is 0 Å². The molecule has 0 fully saturated rings. The van der Waals surface area contributed by atoms with Crippen LogP contribution in [-0.2, 0) is 23.8 Å². The second-order valence-electron chi connectivity index (χ2n) is 6.21. The van der Waals surface area contributed by atoms with Crippen molar-refractivity contribution in [3.63, 3.8) is 0 Å². The van der Waals surface area contributed by atoms with Gasteiger partial charge in [0, 0.05) is 15.6 Å². The van der Waals surface area contributed by atoms with Gasteiger partial charge in [-0.05, 0) is 42.5 Å². The van der Waals surface area contributed by atoms with Crippen LogP contribution < -0.4 is 4.90 Å². The highest BCUT2D eigenvalue weighted by atomic mass is 79.9. The minimum absolute atomic E-state index is 0.0290. The SMILES string of the molecule is COC(=O)C1=C(C(=O)OC)N(c2ccc(Br)cc2C(=O)c2ccc(F)cc2)COC1. The molecular formula is C21H17BrFNO6. The lowest BCUT2D eigenvalue weighted by molar-refractivity contribution is -0.140. The zero-order chi connectivity index (χ0) is 21.8. The summed E-state index contributed by atoms with van der Waals surface area (Å²) in [7, 11) is 2.37. The number of halogens is 2. The van der Waals surface area contributed by atoms with Crippen molar-refractivity contribution in [2.24, 2.45) is 0 Å². The molecule has 1 aliphatic rings. The molecule has 2 aromatic carbocycles. The molecule has 0 saturated heterocycles. The normalized spacial score (nSPS) is 13.8. The van der Waals surface area contributed by atoms with E-state index in [-0.39, 0.29) is 35.7 Å². The Balaban J connectivity index is 2.16. The molecule has 0 saturated carbocycles. The van der Waals surface area contributed by atoms with Crippen molar-refractivity contribution in [3.8, 4) is 0 Å². The highest BCUT2D eigenvalue weighted by Gasteiger charge is 2.34. The number of carbonyl (C=O) groups is 3. The fourth-order valence-electron chi connectivity index (χ4n) is 3.02. The van der Waals surface area contributed by atoms with Crippen LogP contribution in [0.5, 0.6) is 0 Å². The van der Waals surface area contributed by atoms with Crippen molar-refractivity contribution in [2.75, 3.05) is 32.5 Å². The van der Waals surface area contributed by atoms with Gasteiger partial charge in [0.15, 0.2) is 5.78 Å². The second kappa shape index (κ2) is 9.19. The van der Waals surface area contributed by atoms with Crippen molar-refractivity contribution < 1.29 is 33.0 Å². The number of hydrogen-bond acceptors (Lipinski definition) is 7. The molecule has 2 aromatic rings. The van der Waals surface area contributed by atoms with Gasteiger partial charge >= 0.3 is 11.9 Å². The summed E-state index contributed by atoms with van der Waals surface area (Å²) in [6, 6.07) is 9.96. The minimum atomic E-state index is -0.776. The molecular weight excluding hydrogens is 461 g/mol. The molecule has 7 nitrogen and oxygen atoms in total. The van der Waals surface area contributed by atoms with E-state index >= 15 is 0 Å². The largest absolute Gasteiger partial charge is 0.466 e. The number of methoxy groups -OCH3 is 2. The topological polar surface area (TPSA) is 82.1 Å². The van der Waals surface area contributed by atoms with Crippen LogP contribution in [0, 0.1) is 5.82 Å². The summed E-state index contributed by atoms with van der Waals surface area (Å²) in [6.45, 7) is -0.248. The Bertz CT molecular complexity index is 1030. The number of rotatable bonds is 5. The Labute approximate surface area is 180 Å². The monoisotopic (exact) mass is 477 g/mol. The maximum Gasteiger partial charge on any atom is 0.355 e. The second-order valence-corrected chi connectivity index (χ2v) is 7.13. The van der Waals surface area contributed by atoms with Crippen molar-refractivity contribution in [1.29, 1.82) is 0 Å². The van der Waals surface area contributed by atoms with Crippen LogP contribution in [-0.4, -0.2) is 45.3 Å². The van der Waals surface area contributed by atoms with Gasteiger partial charge < -0.3 is 19.1 Å². The highest BCUT2D eigenvalue weighted by molar-refractivity contribution is 9.10. The third-order valence-electron chi connectivity index (χ3n) is 4.43. The van der Waals surface area contributed by atoms with Gasteiger partial charge in [0.05, 0.1) is 32.1 Å². The summed E-state index contributed by atoms with van der Waals surface area (Å²) in [5.41, 5.74) is 0.677. The Morgan fingerprint density at radius 1 is 1.03 bits per heavy atom. The number of anilines is 1. The zero-order valence-electron chi connectivity index (χ0n) is 16.1. The first-order valence-corrected chi connectivity index (χ1v) is 9.51. The smallest absolute Gasteiger partial charge is 0.355 e. The molecule has 1 heterocycles. The van der Waals surface area contributed by atoms with Gasteiger partial charge in [-0.3, -0.25) is 4.79 Å². The van der Waals surface area contributed by atoms with E-state index < -0.39 is 23.5 Å². The molecule has 1 aliphatic heterocycles. The third kappa shape index (κ3) is 4.27. The lowest BCUT2D eigenvalue weighted by Crippen LogP contribution is -2.39. The van der Waals surface area contributed by atoms with E-state index in [1.54, 1.807) is 18.2 Å². The maximum absolute atomic E-state index is 13.3. The van der Waals surface area contributed by atoms with Crippen LogP contribution in [0.4, 0.5) is 10.1 Å². The molecule has 9 heteroatoms. The quantitative estimate of drug-likeness (QED) is 0.482. The van der Waals surface area contributed by atoms with E-state index in [1.165, 1.54) is 43.4 Å². The lowest BCUT2D eigenvalue weighted by atomic mass is 10.00. The fraction of sp³-hybridized carbons (Fsp3) is 0.190. The molecule has 0 unspecified atom stereocenters. The molecule has 0 aliphatic carbocycles. The molecule has 30 heavy (non-hydrogen) atoms. The number of nitrogens with zero attached hydrogens (tertiary/aromatic N) is 1. The molecule has 3 rings (SSSR count). The van der Waals surface area contributed by atoms with Gasteiger partial charge in [-0.25, -0.2) is 14.0 Å². The number of benzene rings is 2. The first-order valence-electron chi connectivity index (χ1n) is 8.72. The van der Waals surface area contributed by atoms with Crippen molar-refractivity contribution >= 4 is 39.3 Å². The predicted octanol–water partition coefficient (Wildman–Crippen LogP) is 3.21. The molecule has 0 N–H and O–H groups in total. The maximum atomic E-state index is 13.3. The van der Waals surface area contributed by atoms with Crippen LogP contribution in [0.1, 0.15) is 15.9 Å². The summed E-state index contributed by atoms with van der Waals surface area (Å²) in [5.74, 6) is -2.39. The summed E-state index contributed by atoms with van der Waals surface area (Å²) >= 11 is 3.34. The lowest BCUT2D eigenvalue weighted by Gasteiger charge is -2.32. The van der Waals surface area contributed by atoms with Gasteiger partial charge in [-0.15, -0.1) is 0 Å². The number of ketones is 1. The van der Waals surface area contributed by atoms with E-state index in [4.69, 9.17) is 14.2 Å². The molecule has 0 atom stereocenters. The van der Waals surface area contributed by atoms with Crippen molar-refractivity contribution in [1.82, 2.24) is 0 Å². The van der Waals surface area contributed by atoms with Crippen LogP contribution in [0.3, 0.4) is 0 Å². The number of esters is 2. The van der Waals surface area contributed by atoms with Crippen LogP contribution >= 0.6 is 15.9 Å². The Morgan fingerprint density at radius 2 is 1.70 bits per heavy atom. The van der Waals surface area contributed by atoms with Crippen LogP contribution in [0.25, 0.3) is 0 Å². The first-order chi connectivity index (χ1) is 14.4. The van der Waals surface area contributed by atoms with Gasteiger partial charge in [-0.1, -0.05) is 15.9 Å². The Hall–Kier alpha value is -3.04. The highest BCUT2D eigenvalue weighted by Crippen LogP contribution is 2.32. The molecule has 0 spiro atoms. The molecule has 0 radical (unpaired) electrons. The summed E-state index contributed by atoms with van der Waals surface area (Å²) in [6.07, 6.45) is 0. The first kappa shape index (κ1) is 21.7. The zero-order valence-corrected chi connectivity index (χ0v) is 17.7. The minimum Gasteiger partial charge on any atom is -0.466 e. The molecule has 0 amide bonds. The van der Waals surface area contributed by atoms with Gasteiger partial charge in [0.2, 0.25) is 0 Å². The van der Waals surface area contributed by atoms with E-state index in [9.17, 15) is 18.8 Å². The summed E-state index contributed by atoms with van der Waals surface area (Å²) < 4.78 is 29.0. The van der Waals surface area contributed by atoms with E-state index in [2.05, 4.69) is 15.9 Å². The van der Waals surface area contributed by atoms with E-state index in [0.29, 0.717) is 10.2 Å². The molecule has 0 bridgehead atoms.